The molecule has 0 radical (unpaired) electrons. The van der Waals surface area contributed by atoms with Gasteiger partial charge in [-0.2, -0.15) is 0 Å². The topological polar surface area (TPSA) is 210 Å². The first-order chi connectivity index (χ1) is 43.9. The summed E-state index contributed by atoms with van der Waals surface area (Å²) in [4.78, 5) is 45.2. The minimum Gasteiger partial charge on any atom is -0.506 e. The van der Waals surface area contributed by atoms with Crippen LogP contribution in [0.3, 0.4) is 0 Å². The number of aromatic nitrogens is 10. The molecule has 90 heavy (non-hydrogen) atoms. The van der Waals surface area contributed by atoms with E-state index in [9.17, 15) is 0 Å². The number of aromatic hydroxyl groups is 4. The fourth-order valence-corrected chi connectivity index (χ4v) is 9.65. The highest BCUT2D eigenvalue weighted by Crippen LogP contribution is 2.35. The van der Waals surface area contributed by atoms with Crippen LogP contribution in [0, 0.1) is 0 Å². The van der Waals surface area contributed by atoms with Crippen LogP contribution in [-0.4, -0.2) is 70.3 Å². The van der Waals surface area contributed by atoms with Crippen LogP contribution in [0.4, 0.5) is 0 Å². The van der Waals surface area contributed by atoms with E-state index in [2.05, 4.69) is 49.8 Å². The molecule has 18 heteroatoms. The average Bonchev–Trinajstić information content (AvgIpc) is 1.90. The predicted octanol–water partition coefficient (Wildman–Crippen LogP) is 18.7. The monoisotopic (exact) mass is 1260 g/mol. The largest absolute Gasteiger partial charge is 0.506 e. The molecule has 5 aromatic heterocycles. The summed E-state index contributed by atoms with van der Waals surface area (Å²) in [5.74, 6) is -0.709. The molecule has 17 aromatic rings. The molecular formula is C72H48Cl4N10O4. The van der Waals surface area contributed by atoms with Gasteiger partial charge in [0.15, 0.2) is 0 Å². The normalized spacial score (nSPS) is 10.6. The zero-order valence-electron chi connectivity index (χ0n) is 47.2. The Morgan fingerprint density at radius 2 is 0.244 bits per heavy atom. The van der Waals surface area contributed by atoms with Crippen LogP contribution in [-0.2, 0) is 0 Å². The zero-order chi connectivity index (χ0) is 62.3. The van der Waals surface area contributed by atoms with Crippen molar-refractivity contribution in [3.63, 3.8) is 0 Å². The third kappa shape index (κ3) is 15.2. The smallest absolute Gasteiger partial charge is 0.137 e. The molecule has 0 aliphatic carbocycles. The first-order valence-electron chi connectivity index (χ1n) is 27.7. The molecule has 4 N–H and O–H groups in total. The minimum atomic E-state index is -0.177. The van der Waals surface area contributed by atoms with Crippen molar-refractivity contribution in [3.8, 4) is 23.0 Å². The van der Waals surface area contributed by atoms with E-state index < -0.39 is 0 Å². The van der Waals surface area contributed by atoms with E-state index >= 15 is 0 Å². The number of para-hydroxylation sites is 20. The molecule has 438 valence electrons. The van der Waals surface area contributed by atoms with E-state index in [0.717, 1.165) is 122 Å². The number of rotatable bonds is 0. The van der Waals surface area contributed by atoms with Gasteiger partial charge >= 0.3 is 0 Å². The lowest BCUT2D eigenvalue weighted by atomic mass is 10.2. The van der Waals surface area contributed by atoms with Crippen molar-refractivity contribution >= 4 is 157 Å². The van der Waals surface area contributed by atoms with Gasteiger partial charge in [0.1, 0.15) is 23.0 Å². The van der Waals surface area contributed by atoms with Gasteiger partial charge < -0.3 is 20.4 Å². The van der Waals surface area contributed by atoms with Gasteiger partial charge in [0, 0.05) is 12.1 Å². The fraction of sp³-hybridized carbons (Fsp3) is 0. The van der Waals surface area contributed by atoms with Gasteiger partial charge in [-0.25, -0.2) is 49.8 Å². The predicted molar refractivity (Wildman–Crippen MR) is 365 cm³/mol. The Kier molecular flexibility index (Phi) is 19.3. The van der Waals surface area contributed by atoms with Gasteiger partial charge in [-0.05, 0) is 133 Å². The van der Waals surface area contributed by atoms with Crippen molar-refractivity contribution in [2.75, 3.05) is 0 Å². The fourth-order valence-electron chi connectivity index (χ4n) is 8.88. The molecule has 0 unspecified atom stereocenters. The van der Waals surface area contributed by atoms with E-state index in [4.69, 9.17) is 66.8 Å². The maximum atomic E-state index is 8.87. The van der Waals surface area contributed by atoms with E-state index in [-0.39, 0.29) is 43.1 Å². The summed E-state index contributed by atoms with van der Waals surface area (Å²) in [5, 5.41) is 36.0. The van der Waals surface area contributed by atoms with Gasteiger partial charge in [-0.3, -0.25) is 0 Å². The molecule has 17 rings (SSSR count). The summed E-state index contributed by atoms with van der Waals surface area (Å²) in [7, 11) is 0. The molecule has 14 nitrogen and oxygen atoms in total. The SMILES string of the molecule is Oc1cc(O)c(Cl)cc1Cl.Oc1cc(O)c(Cl)cc1Cl.c1ccc2nc3ccccc3nc2c1.c1ccc2nc3ccccc3nc2c1.c1ccc2nc3ccccc3nc2c1.c1ccc2nc3ccccc3nc2c1.c1ccc2nc3ccccc3nc2c1. The van der Waals surface area contributed by atoms with E-state index in [1.54, 1.807) is 0 Å². The Balaban J connectivity index is 0.000000109. The molecule has 0 aliphatic rings. The first kappa shape index (κ1) is 60.7. The van der Waals surface area contributed by atoms with Crippen LogP contribution < -0.4 is 0 Å². The summed E-state index contributed by atoms with van der Waals surface area (Å²) in [6.07, 6.45) is 0. The third-order valence-electron chi connectivity index (χ3n) is 13.3. The average molecular weight is 1260 g/mol. The number of phenols is 4. The number of nitrogens with zero attached hydrogens (tertiary/aromatic N) is 10. The van der Waals surface area contributed by atoms with Crippen molar-refractivity contribution in [2.24, 2.45) is 0 Å². The molecule has 0 bridgehead atoms. The Labute approximate surface area is 533 Å². The number of hydrogen-bond acceptors (Lipinski definition) is 14. The van der Waals surface area contributed by atoms with E-state index in [1.165, 1.54) is 12.1 Å². The lowest BCUT2D eigenvalue weighted by molar-refractivity contribution is 0.450. The number of hydrogen-bond donors (Lipinski definition) is 4. The van der Waals surface area contributed by atoms with E-state index in [1.807, 2.05) is 243 Å². The number of fused-ring (bicyclic) bond motifs is 10. The quantitative estimate of drug-likeness (QED) is 0.104. The van der Waals surface area contributed by atoms with Gasteiger partial charge in [-0.1, -0.05) is 168 Å². The summed E-state index contributed by atoms with van der Waals surface area (Å²) >= 11 is 21.8. The van der Waals surface area contributed by atoms with Crippen LogP contribution in [0.15, 0.2) is 267 Å². The highest BCUT2D eigenvalue weighted by molar-refractivity contribution is 6.37. The van der Waals surface area contributed by atoms with Crippen molar-refractivity contribution in [3.05, 3.63) is 287 Å². The molecule has 0 atom stereocenters. The van der Waals surface area contributed by atoms with Crippen LogP contribution in [0.2, 0.25) is 20.1 Å². The second-order valence-corrected chi connectivity index (χ2v) is 21.1. The summed E-state index contributed by atoms with van der Waals surface area (Å²) in [5.41, 5.74) is 19.0. The summed E-state index contributed by atoms with van der Waals surface area (Å²) in [6.45, 7) is 0. The molecular weight excluding hydrogens is 1210 g/mol. The first-order valence-corrected chi connectivity index (χ1v) is 29.2. The summed E-state index contributed by atoms with van der Waals surface area (Å²) < 4.78 is 0. The minimum absolute atomic E-state index is 0.128. The lowest BCUT2D eigenvalue weighted by Gasteiger charge is -1.98. The van der Waals surface area contributed by atoms with Crippen molar-refractivity contribution in [1.82, 2.24) is 49.8 Å². The molecule has 12 aromatic carbocycles. The maximum Gasteiger partial charge on any atom is 0.137 e. The second kappa shape index (κ2) is 28.7. The van der Waals surface area contributed by atoms with Crippen molar-refractivity contribution < 1.29 is 20.4 Å². The number of halogens is 4. The standard InChI is InChI=1S/5C12H8N2.2C6H4Cl2O2/c5*1-2-6-10-9(5-1)13-11-7-3-4-8-12(11)14-10;2*7-3-1-4(8)6(10)2-5(3)9/h5*1-8H;2*1-2,9-10H. The van der Waals surface area contributed by atoms with Gasteiger partial charge in [0.25, 0.3) is 0 Å². The zero-order valence-corrected chi connectivity index (χ0v) is 50.2. The maximum absolute atomic E-state index is 8.87. The molecule has 0 saturated heterocycles. The second-order valence-electron chi connectivity index (χ2n) is 19.5. The van der Waals surface area contributed by atoms with Gasteiger partial charge in [0.05, 0.1) is 130 Å². The summed E-state index contributed by atoms with van der Waals surface area (Å²) in [6, 6.07) is 83.9. The molecule has 0 aliphatic heterocycles. The highest BCUT2D eigenvalue weighted by atomic mass is 35.5. The molecule has 0 spiro atoms. The van der Waals surface area contributed by atoms with Crippen LogP contribution in [0.5, 0.6) is 23.0 Å². The van der Waals surface area contributed by atoms with Gasteiger partial charge in [0.2, 0.25) is 0 Å². The molecule has 0 fully saturated rings. The third-order valence-corrected chi connectivity index (χ3v) is 14.5. The Morgan fingerprint density at radius 1 is 0.156 bits per heavy atom. The van der Waals surface area contributed by atoms with Gasteiger partial charge in [-0.15, -0.1) is 0 Å². The highest BCUT2D eigenvalue weighted by Gasteiger charge is 2.07. The van der Waals surface area contributed by atoms with Crippen molar-refractivity contribution in [1.29, 1.82) is 0 Å². The van der Waals surface area contributed by atoms with E-state index in [0.29, 0.717) is 0 Å². The molecule has 5 heterocycles. The molecule has 0 amide bonds. The Bertz CT molecular complexity index is 4060. The van der Waals surface area contributed by atoms with Crippen LogP contribution >= 0.6 is 46.4 Å². The van der Waals surface area contributed by atoms with Crippen LogP contribution in [0.25, 0.3) is 110 Å². The van der Waals surface area contributed by atoms with Crippen molar-refractivity contribution in [2.45, 2.75) is 0 Å². The number of benzene rings is 12. The Morgan fingerprint density at radius 3 is 0.322 bits per heavy atom. The number of phenolic OH excluding ortho intramolecular Hbond substituents is 4. The molecule has 0 saturated carbocycles. The lowest BCUT2D eigenvalue weighted by Crippen LogP contribution is -1.85. The Hall–Kier alpha value is -11.0. The van der Waals surface area contributed by atoms with Crippen LogP contribution in [0.1, 0.15) is 0 Å².